The van der Waals surface area contributed by atoms with Crippen molar-refractivity contribution in [3.63, 3.8) is 0 Å². The molecule has 0 saturated heterocycles. The summed E-state index contributed by atoms with van der Waals surface area (Å²) in [6.45, 7) is 3.87. The Morgan fingerprint density at radius 2 is 1.83 bits per heavy atom. The number of carbonyl (C=O) groups is 2. The average molecular weight is 457 g/mol. The Morgan fingerprint density at radius 3 is 2.57 bits per heavy atom. The van der Waals surface area contributed by atoms with Crippen LogP contribution in [0, 0.1) is 6.92 Å². The van der Waals surface area contributed by atoms with Gasteiger partial charge < -0.3 is 10.1 Å². The molecule has 5 nitrogen and oxygen atoms in total. The molecule has 8 heteroatoms. The van der Waals surface area contributed by atoms with Crippen molar-refractivity contribution in [2.24, 2.45) is 0 Å². The van der Waals surface area contributed by atoms with E-state index < -0.39 is 5.97 Å². The molecule has 0 atom stereocenters. The number of thiophene rings is 1. The number of para-hydroxylation sites is 1. The van der Waals surface area contributed by atoms with Crippen LogP contribution in [0.3, 0.4) is 0 Å². The molecule has 0 aliphatic carbocycles. The monoisotopic (exact) mass is 456 g/mol. The van der Waals surface area contributed by atoms with Gasteiger partial charge in [0.15, 0.2) is 0 Å². The maximum absolute atomic E-state index is 12.9. The zero-order valence-corrected chi connectivity index (χ0v) is 18.6. The molecule has 2 aromatic heterocycles. The molecule has 1 amide bonds. The van der Waals surface area contributed by atoms with Crippen molar-refractivity contribution >= 4 is 61.4 Å². The first-order chi connectivity index (χ1) is 14.5. The van der Waals surface area contributed by atoms with E-state index in [-0.39, 0.29) is 12.5 Å². The molecular formula is C22H17ClN2O3S2. The number of hydrogen-bond donors (Lipinski definition) is 1. The SMILES string of the molecule is CCOC(=O)c1sc(NC(=O)c2ccccc2Cl)c(-c2nc3ccccc3s2)c1C. The molecule has 0 aliphatic rings. The fourth-order valence-electron chi connectivity index (χ4n) is 3.05. The van der Waals surface area contributed by atoms with Gasteiger partial charge in [0.25, 0.3) is 5.91 Å². The van der Waals surface area contributed by atoms with Gasteiger partial charge in [0.2, 0.25) is 0 Å². The summed E-state index contributed by atoms with van der Waals surface area (Å²) in [6.07, 6.45) is 0. The van der Waals surface area contributed by atoms with Crippen LogP contribution in [0.5, 0.6) is 0 Å². The van der Waals surface area contributed by atoms with Crippen LogP contribution >= 0.6 is 34.3 Å². The number of esters is 1. The van der Waals surface area contributed by atoms with Gasteiger partial charge in [-0.25, -0.2) is 9.78 Å². The van der Waals surface area contributed by atoms with E-state index in [0.29, 0.717) is 20.5 Å². The fraction of sp³-hybridized carbons (Fsp3) is 0.136. The lowest BCUT2D eigenvalue weighted by atomic mass is 10.1. The van der Waals surface area contributed by atoms with E-state index in [9.17, 15) is 9.59 Å². The molecule has 2 aromatic carbocycles. The Bertz CT molecular complexity index is 1230. The number of carbonyl (C=O) groups excluding carboxylic acids is 2. The minimum absolute atomic E-state index is 0.272. The quantitative estimate of drug-likeness (QED) is 0.352. The van der Waals surface area contributed by atoms with E-state index in [1.807, 2.05) is 31.2 Å². The number of halogens is 1. The van der Waals surface area contributed by atoms with Crippen LogP contribution < -0.4 is 5.32 Å². The number of nitrogens with one attached hydrogen (secondary N) is 1. The Hall–Kier alpha value is -2.74. The van der Waals surface area contributed by atoms with Gasteiger partial charge in [-0.3, -0.25) is 4.79 Å². The highest BCUT2D eigenvalue weighted by Gasteiger charge is 2.26. The van der Waals surface area contributed by atoms with Crippen molar-refractivity contribution in [2.75, 3.05) is 11.9 Å². The third-order valence-electron chi connectivity index (χ3n) is 4.46. The van der Waals surface area contributed by atoms with E-state index >= 15 is 0 Å². The van der Waals surface area contributed by atoms with Crippen LogP contribution in [-0.2, 0) is 4.74 Å². The summed E-state index contributed by atoms with van der Waals surface area (Å²) < 4.78 is 6.23. The van der Waals surface area contributed by atoms with Crippen molar-refractivity contribution in [2.45, 2.75) is 13.8 Å². The lowest BCUT2D eigenvalue weighted by Gasteiger charge is -2.07. The first-order valence-corrected chi connectivity index (χ1v) is 11.2. The molecule has 1 N–H and O–H groups in total. The predicted octanol–water partition coefficient (Wildman–Crippen LogP) is 6.42. The number of nitrogens with zero attached hydrogens (tertiary/aromatic N) is 1. The van der Waals surface area contributed by atoms with Crippen molar-refractivity contribution in [3.8, 4) is 10.6 Å². The molecule has 0 unspecified atom stereocenters. The third kappa shape index (κ3) is 3.84. The van der Waals surface area contributed by atoms with Crippen LogP contribution in [0.2, 0.25) is 5.02 Å². The van der Waals surface area contributed by atoms with Crippen molar-refractivity contribution in [3.05, 3.63) is 69.6 Å². The Morgan fingerprint density at radius 1 is 1.10 bits per heavy atom. The first-order valence-electron chi connectivity index (χ1n) is 9.22. The second-order valence-corrected chi connectivity index (χ2v) is 8.86. The fourth-order valence-corrected chi connectivity index (χ4v) is 5.50. The molecule has 0 spiro atoms. The number of amides is 1. The molecular weight excluding hydrogens is 440 g/mol. The highest BCUT2D eigenvalue weighted by atomic mass is 35.5. The molecule has 0 saturated carbocycles. The number of anilines is 1. The number of hydrogen-bond acceptors (Lipinski definition) is 6. The van der Waals surface area contributed by atoms with Gasteiger partial charge in [0, 0.05) is 5.56 Å². The molecule has 0 bridgehead atoms. The average Bonchev–Trinajstić information content (AvgIpc) is 3.29. The van der Waals surface area contributed by atoms with Gasteiger partial charge in [-0.2, -0.15) is 0 Å². The summed E-state index contributed by atoms with van der Waals surface area (Å²) in [5.74, 6) is -0.764. The number of aromatic nitrogens is 1. The first kappa shape index (κ1) is 20.5. The summed E-state index contributed by atoms with van der Waals surface area (Å²) >= 11 is 8.88. The summed E-state index contributed by atoms with van der Waals surface area (Å²) in [5, 5.41) is 4.55. The highest BCUT2D eigenvalue weighted by Crippen LogP contribution is 2.43. The Labute approximate surface area is 186 Å². The lowest BCUT2D eigenvalue weighted by molar-refractivity contribution is 0.0531. The summed E-state index contributed by atoms with van der Waals surface area (Å²) in [7, 11) is 0. The van der Waals surface area contributed by atoms with Gasteiger partial charge in [-0.05, 0) is 43.7 Å². The van der Waals surface area contributed by atoms with Crippen LogP contribution in [0.4, 0.5) is 5.00 Å². The number of ether oxygens (including phenoxy) is 1. The minimum atomic E-state index is -0.416. The van der Waals surface area contributed by atoms with Crippen molar-refractivity contribution < 1.29 is 14.3 Å². The largest absolute Gasteiger partial charge is 0.462 e. The number of thiazole rings is 1. The van der Waals surface area contributed by atoms with Crippen LogP contribution in [0.25, 0.3) is 20.8 Å². The maximum Gasteiger partial charge on any atom is 0.348 e. The topological polar surface area (TPSA) is 68.3 Å². The molecule has 0 radical (unpaired) electrons. The summed E-state index contributed by atoms with van der Waals surface area (Å²) in [5.41, 5.74) is 2.68. The number of benzene rings is 2. The van der Waals surface area contributed by atoms with Crippen molar-refractivity contribution in [1.82, 2.24) is 4.98 Å². The van der Waals surface area contributed by atoms with Gasteiger partial charge in [0.05, 0.1) is 27.4 Å². The van der Waals surface area contributed by atoms with Gasteiger partial charge >= 0.3 is 5.97 Å². The maximum atomic E-state index is 12.9. The molecule has 2 heterocycles. The molecule has 0 fully saturated rings. The minimum Gasteiger partial charge on any atom is -0.462 e. The van der Waals surface area contributed by atoms with Crippen LogP contribution in [-0.4, -0.2) is 23.5 Å². The molecule has 152 valence electrons. The van der Waals surface area contributed by atoms with E-state index in [0.717, 1.165) is 26.4 Å². The van der Waals surface area contributed by atoms with E-state index in [1.54, 1.807) is 31.2 Å². The van der Waals surface area contributed by atoms with E-state index in [4.69, 9.17) is 21.3 Å². The second kappa shape index (κ2) is 8.55. The molecule has 0 aliphatic heterocycles. The number of rotatable bonds is 5. The predicted molar refractivity (Wildman–Crippen MR) is 123 cm³/mol. The van der Waals surface area contributed by atoms with E-state index in [2.05, 4.69) is 5.32 Å². The van der Waals surface area contributed by atoms with Gasteiger partial charge in [-0.15, -0.1) is 22.7 Å². The van der Waals surface area contributed by atoms with Gasteiger partial charge in [0.1, 0.15) is 14.9 Å². The molecule has 4 rings (SSSR count). The number of fused-ring (bicyclic) bond motifs is 1. The molecule has 30 heavy (non-hydrogen) atoms. The van der Waals surface area contributed by atoms with Gasteiger partial charge in [-0.1, -0.05) is 35.9 Å². The smallest absolute Gasteiger partial charge is 0.348 e. The van der Waals surface area contributed by atoms with Crippen LogP contribution in [0.15, 0.2) is 48.5 Å². The normalized spacial score (nSPS) is 10.9. The van der Waals surface area contributed by atoms with E-state index in [1.165, 1.54) is 22.7 Å². The summed E-state index contributed by atoms with van der Waals surface area (Å²) in [6, 6.07) is 14.6. The standard InChI is InChI=1S/C22H17ClN2O3S2/c1-3-28-22(27)18-12(2)17(20-24-15-10-6-7-11-16(15)29-20)21(30-18)25-19(26)13-8-4-5-9-14(13)23/h4-11H,3H2,1-2H3,(H,25,26). The lowest BCUT2D eigenvalue weighted by Crippen LogP contribution is -2.12. The second-order valence-electron chi connectivity index (χ2n) is 6.40. The zero-order valence-electron chi connectivity index (χ0n) is 16.2. The summed E-state index contributed by atoms with van der Waals surface area (Å²) in [4.78, 5) is 30.5. The molecule has 4 aromatic rings. The van der Waals surface area contributed by atoms with Crippen molar-refractivity contribution in [1.29, 1.82) is 0 Å². The Kier molecular flexibility index (Phi) is 5.85. The highest BCUT2D eigenvalue weighted by molar-refractivity contribution is 7.23. The zero-order chi connectivity index (χ0) is 21.3. The van der Waals surface area contributed by atoms with Crippen LogP contribution in [0.1, 0.15) is 32.5 Å². The third-order valence-corrected chi connectivity index (χ3v) is 7.03. The Balaban J connectivity index is 1.82.